The summed E-state index contributed by atoms with van der Waals surface area (Å²) in [6.45, 7) is 7.68. The normalized spacial score (nSPS) is 17.8. The molecule has 2 aliphatic rings. The number of morpholine rings is 1. The van der Waals surface area contributed by atoms with Crippen molar-refractivity contribution in [3.8, 4) is 11.1 Å². The highest BCUT2D eigenvalue weighted by Crippen LogP contribution is 2.25. The monoisotopic (exact) mass is 452 g/mol. The molecule has 0 bridgehead atoms. The summed E-state index contributed by atoms with van der Waals surface area (Å²) in [7, 11) is 1.77. The Labute approximate surface area is 196 Å². The van der Waals surface area contributed by atoms with Crippen LogP contribution in [0.4, 0.5) is 5.95 Å². The number of benzene rings is 1. The zero-order valence-electron chi connectivity index (χ0n) is 19.7. The Balaban J connectivity index is 1.29. The number of nitrogens with two attached hydrogens (primary N) is 1. The van der Waals surface area contributed by atoms with Crippen molar-refractivity contribution in [1.29, 1.82) is 0 Å². The van der Waals surface area contributed by atoms with Gasteiger partial charge in [-0.1, -0.05) is 18.2 Å². The molecule has 3 heterocycles. The number of anilines is 1. The maximum absolute atomic E-state index is 11.8. The lowest BCUT2D eigenvalue weighted by Gasteiger charge is -2.34. The predicted octanol–water partition coefficient (Wildman–Crippen LogP) is 2.00. The van der Waals surface area contributed by atoms with E-state index >= 15 is 0 Å². The fourth-order valence-electron chi connectivity index (χ4n) is 4.61. The lowest BCUT2D eigenvalue weighted by atomic mass is 9.93. The van der Waals surface area contributed by atoms with E-state index in [1.807, 2.05) is 30.6 Å². The van der Waals surface area contributed by atoms with Crippen molar-refractivity contribution in [2.75, 3.05) is 64.4 Å². The van der Waals surface area contributed by atoms with Gasteiger partial charge in [0.15, 0.2) is 0 Å². The molecule has 2 fully saturated rings. The number of aromatic nitrogens is 2. The lowest BCUT2D eigenvalue weighted by molar-refractivity contribution is -0.128. The average molecular weight is 453 g/mol. The molecule has 8 nitrogen and oxygen atoms in total. The summed E-state index contributed by atoms with van der Waals surface area (Å²) in [6, 6.07) is 8.15. The standard InChI is InChI=1S/C25H36N6O2/c1-29(24(32)16-26)19-21-3-2-4-22(15-21)23-17-27-25(28-18-23)31-9-6-20(7-10-31)5-8-30-11-13-33-14-12-30/h2-4,15,17-18,20H,5-14,16,19,26H2,1H3. The van der Waals surface area contributed by atoms with Crippen LogP contribution in [0, 0.1) is 5.92 Å². The second kappa shape index (κ2) is 11.5. The van der Waals surface area contributed by atoms with Crippen LogP contribution in [0.1, 0.15) is 24.8 Å². The molecule has 2 aliphatic heterocycles. The molecule has 1 aromatic heterocycles. The first-order chi connectivity index (χ1) is 16.1. The molecule has 2 saturated heterocycles. The molecule has 2 aromatic rings. The quantitative estimate of drug-likeness (QED) is 0.655. The number of rotatable bonds is 8. The van der Waals surface area contributed by atoms with Crippen LogP contribution in [0.2, 0.25) is 0 Å². The molecule has 0 aliphatic carbocycles. The van der Waals surface area contributed by atoms with E-state index in [1.165, 1.54) is 25.8 Å². The molecule has 8 heteroatoms. The maximum Gasteiger partial charge on any atom is 0.236 e. The second-order valence-electron chi connectivity index (χ2n) is 9.10. The third-order valence-corrected chi connectivity index (χ3v) is 6.77. The van der Waals surface area contributed by atoms with E-state index in [-0.39, 0.29) is 12.5 Å². The number of carbonyl (C=O) groups excluding carboxylic acids is 1. The highest BCUT2D eigenvalue weighted by Gasteiger charge is 2.22. The summed E-state index contributed by atoms with van der Waals surface area (Å²) in [6.07, 6.45) is 7.48. The Bertz CT molecular complexity index is 892. The van der Waals surface area contributed by atoms with E-state index in [0.29, 0.717) is 6.54 Å². The van der Waals surface area contributed by atoms with Gasteiger partial charge in [0, 0.05) is 57.7 Å². The van der Waals surface area contributed by atoms with Crippen LogP contribution in [-0.4, -0.2) is 85.2 Å². The first-order valence-electron chi connectivity index (χ1n) is 12.0. The van der Waals surface area contributed by atoms with Gasteiger partial charge in [-0.2, -0.15) is 0 Å². The van der Waals surface area contributed by atoms with Gasteiger partial charge in [0.25, 0.3) is 0 Å². The van der Waals surface area contributed by atoms with E-state index in [9.17, 15) is 4.79 Å². The number of ether oxygens (including phenoxy) is 1. The minimum absolute atomic E-state index is 0.0244. The highest BCUT2D eigenvalue weighted by atomic mass is 16.5. The predicted molar refractivity (Wildman–Crippen MR) is 130 cm³/mol. The van der Waals surface area contributed by atoms with Crippen LogP contribution in [0.15, 0.2) is 36.7 Å². The van der Waals surface area contributed by atoms with Crippen molar-refractivity contribution in [3.05, 3.63) is 42.2 Å². The minimum Gasteiger partial charge on any atom is -0.379 e. The summed E-state index contributed by atoms with van der Waals surface area (Å²) in [5, 5.41) is 0. The van der Waals surface area contributed by atoms with Crippen LogP contribution < -0.4 is 10.6 Å². The first-order valence-corrected chi connectivity index (χ1v) is 12.0. The number of hydrogen-bond donors (Lipinski definition) is 1. The molecule has 0 radical (unpaired) electrons. The van der Waals surface area contributed by atoms with Crippen molar-refractivity contribution in [2.24, 2.45) is 11.7 Å². The van der Waals surface area contributed by atoms with Crippen molar-refractivity contribution in [3.63, 3.8) is 0 Å². The van der Waals surface area contributed by atoms with Gasteiger partial charge >= 0.3 is 0 Å². The molecule has 1 aromatic carbocycles. The molecule has 0 spiro atoms. The van der Waals surface area contributed by atoms with Gasteiger partial charge in [-0.25, -0.2) is 9.97 Å². The van der Waals surface area contributed by atoms with Gasteiger partial charge in [-0.15, -0.1) is 0 Å². The number of amides is 1. The summed E-state index contributed by atoms with van der Waals surface area (Å²) in [5.74, 6) is 1.53. The smallest absolute Gasteiger partial charge is 0.236 e. The SMILES string of the molecule is CN(Cc1cccc(-c2cnc(N3CCC(CCN4CCOCC4)CC3)nc2)c1)C(=O)CN. The average Bonchev–Trinajstić information content (AvgIpc) is 2.88. The van der Waals surface area contributed by atoms with Gasteiger partial charge in [-0.05, 0) is 48.9 Å². The lowest BCUT2D eigenvalue weighted by Crippen LogP contribution is -2.39. The Morgan fingerprint density at radius 1 is 1.12 bits per heavy atom. The molecule has 0 unspecified atom stereocenters. The van der Waals surface area contributed by atoms with Gasteiger partial charge in [0.2, 0.25) is 11.9 Å². The summed E-state index contributed by atoms with van der Waals surface area (Å²) >= 11 is 0. The molecule has 0 atom stereocenters. The number of likely N-dealkylation sites (N-methyl/N-ethyl adjacent to an activating group) is 1. The molecule has 4 rings (SSSR count). The van der Waals surface area contributed by atoms with Gasteiger partial charge in [-0.3, -0.25) is 9.69 Å². The molecule has 33 heavy (non-hydrogen) atoms. The zero-order valence-corrected chi connectivity index (χ0v) is 19.7. The molecular formula is C25H36N6O2. The molecular weight excluding hydrogens is 416 g/mol. The largest absolute Gasteiger partial charge is 0.379 e. The van der Waals surface area contributed by atoms with E-state index in [0.717, 1.165) is 67.9 Å². The van der Waals surface area contributed by atoms with Crippen LogP contribution in [-0.2, 0) is 16.1 Å². The summed E-state index contributed by atoms with van der Waals surface area (Å²) < 4.78 is 5.44. The fraction of sp³-hybridized carbons (Fsp3) is 0.560. The molecule has 178 valence electrons. The van der Waals surface area contributed by atoms with E-state index in [1.54, 1.807) is 11.9 Å². The second-order valence-corrected chi connectivity index (χ2v) is 9.10. The van der Waals surface area contributed by atoms with Crippen molar-refractivity contribution < 1.29 is 9.53 Å². The Kier molecular flexibility index (Phi) is 8.25. The van der Waals surface area contributed by atoms with E-state index < -0.39 is 0 Å². The van der Waals surface area contributed by atoms with Gasteiger partial charge in [0.1, 0.15) is 0 Å². The summed E-state index contributed by atoms with van der Waals surface area (Å²) in [4.78, 5) is 27.6. The van der Waals surface area contributed by atoms with Crippen molar-refractivity contribution in [2.45, 2.75) is 25.8 Å². The number of piperidine rings is 1. The van der Waals surface area contributed by atoms with Crippen molar-refractivity contribution >= 4 is 11.9 Å². The Hall–Kier alpha value is -2.55. The van der Waals surface area contributed by atoms with Crippen molar-refractivity contribution in [1.82, 2.24) is 19.8 Å². The van der Waals surface area contributed by atoms with E-state index in [4.69, 9.17) is 10.5 Å². The van der Waals surface area contributed by atoms with Gasteiger partial charge < -0.3 is 20.3 Å². The van der Waals surface area contributed by atoms with Gasteiger partial charge in [0.05, 0.1) is 19.8 Å². The highest BCUT2D eigenvalue weighted by molar-refractivity contribution is 5.77. The van der Waals surface area contributed by atoms with Crippen LogP contribution in [0.3, 0.4) is 0 Å². The Morgan fingerprint density at radius 2 is 1.85 bits per heavy atom. The van der Waals surface area contributed by atoms with E-state index in [2.05, 4.69) is 25.8 Å². The maximum atomic E-state index is 11.8. The Morgan fingerprint density at radius 3 is 2.55 bits per heavy atom. The molecule has 0 saturated carbocycles. The van der Waals surface area contributed by atoms with Crippen LogP contribution in [0.25, 0.3) is 11.1 Å². The third-order valence-electron chi connectivity index (χ3n) is 6.77. The van der Waals surface area contributed by atoms with Crippen LogP contribution >= 0.6 is 0 Å². The third kappa shape index (κ3) is 6.50. The molecule has 2 N–H and O–H groups in total. The number of nitrogens with zero attached hydrogens (tertiary/aromatic N) is 5. The zero-order chi connectivity index (χ0) is 23.0. The molecule has 1 amide bonds. The fourth-order valence-corrected chi connectivity index (χ4v) is 4.61. The minimum atomic E-state index is -0.0713. The number of carbonyl (C=O) groups is 1. The van der Waals surface area contributed by atoms with Crippen LogP contribution in [0.5, 0.6) is 0 Å². The topological polar surface area (TPSA) is 87.8 Å². The number of hydrogen-bond acceptors (Lipinski definition) is 7. The summed E-state index contributed by atoms with van der Waals surface area (Å²) in [5.41, 5.74) is 8.55. The first kappa shape index (κ1) is 23.6.